The van der Waals surface area contributed by atoms with Crippen molar-refractivity contribution in [3.63, 3.8) is 0 Å². The highest BCUT2D eigenvalue weighted by atomic mass is 32.1. The van der Waals surface area contributed by atoms with Crippen molar-refractivity contribution in [3.05, 3.63) is 114 Å². The summed E-state index contributed by atoms with van der Waals surface area (Å²) in [5.74, 6) is -6.12. The number of carbonyl (C=O) groups is 2. The predicted molar refractivity (Wildman–Crippen MR) is 190 cm³/mol. The fourth-order valence-corrected chi connectivity index (χ4v) is 17.3. The van der Waals surface area contributed by atoms with Gasteiger partial charge in [0.15, 0.2) is 34.8 Å². The molecule has 2 aromatic carbocycles. The van der Waals surface area contributed by atoms with Crippen LogP contribution in [-0.2, 0) is 0 Å². The van der Waals surface area contributed by atoms with Crippen molar-refractivity contribution in [2.24, 2.45) is 0 Å². The minimum Gasteiger partial charge on any atom is -0.289 e. The molecule has 1 fully saturated rings. The molecule has 13 heteroatoms. The van der Waals surface area contributed by atoms with Crippen molar-refractivity contribution >= 4 is 76.0 Å². The molecule has 0 unspecified atom stereocenters. The lowest BCUT2D eigenvalue weighted by atomic mass is 9.99. The topological polar surface area (TPSA) is 129 Å². The van der Waals surface area contributed by atoms with Crippen LogP contribution in [0.1, 0.15) is 60.9 Å². The average molecular weight is 743 g/mol. The lowest BCUT2D eigenvalue weighted by Crippen LogP contribution is -2.55. The Morgan fingerprint density at radius 1 is 0.577 bits per heavy atom. The summed E-state index contributed by atoms with van der Waals surface area (Å²) in [6.07, 6.45) is 6.21. The summed E-state index contributed by atoms with van der Waals surface area (Å²) in [6, 6.07) is 16.3. The summed E-state index contributed by atoms with van der Waals surface area (Å²) in [4.78, 5) is 30.5. The molecule has 0 atom stereocenters. The van der Waals surface area contributed by atoms with Gasteiger partial charge in [0.25, 0.3) is 0 Å². The number of thiophene rings is 2. The minimum atomic E-state index is -2.37. The molecule has 1 spiro atoms. The fourth-order valence-electron chi connectivity index (χ4n) is 7.91. The van der Waals surface area contributed by atoms with Gasteiger partial charge in [-0.1, -0.05) is 19.3 Å². The van der Waals surface area contributed by atoms with E-state index in [-0.39, 0.29) is 44.5 Å². The first-order valence-electron chi connectivity index (χ1n) is 16.0. The maximum Gasteiger partial charge on any atom is 0.194 e. The first-order valence-corrected chi connectivity index (χ1v) is 20.0. The average Bonchev–Trinajstić information content (AvgIpc) is 3.91. The summed E-state index contributed by atoms with van der Waals surface area (Å²) in [5.41, 5.74) is -1.23. The number of benzene rings is 2. The van der Waals surface area contributed by atoms with Gasteiger partial charge in [0.05, 0.1) is 0 Å². The van der Waals surface area contributed by atoms with Gasteiger partial charge in [-0.3, -0.25) is 9.59 Å². The molecule has 2 aromatic heterocycles. The summed E-state index contributed by atoms with van der Waals surface area (Å²) in [7, 11) is -2.37. The highest BCUT2D eigenvalue weighted by molar-refractivity contribution is 7.29. The maximum atomic E-state index is 14.3. The van der Waals surface area contributed by atoms with Crippen LogP contribution in [0.3, 0.4) is 0 Å². The molecule has 1 saturated heterocycles. The molecule has 2 aliphatic carbocycles. The highest BCUT2D eigenvalue weighted by Gasteiger charge is 2.48. The third-order valence-electron chi connectivity index (χ3n) is 10.1. The number of carbonyl (C=O) groups excluding carboxylic acids is 2. The first kappa shape index (κ1) is 33.2. The minimum absolute atomic E-state index is 0.00787. The van der Waals surface area contributed by atoms with Crippen LogP contribution in [0.4, 0.5) is 17.6 Å². The zero-order valence-electron chi connectivity index (χ0n) is 26.6. The molecule has 0 amide bonds. The van der Waals surface area contributed by atoms with E-state index in [1.165, 1.54) is 33.0 Å². The van der Waals surface area contributed by atoms with E-state index in [0.717, 1.165) is 65.4 Å². The molecular weight excluding hydrogens is 725 g/mol. The molecule has 4 aromatic rings. The predicted octanol–water partition coefficient (Wildman–Crippen LogP) is 8.25. The number of nitriles is 4. The van der Waals surface area contributed by atoms with E-state index in [0.29, 0.717) is 9.75 Å². The van der Waals surface area contributed by atoms with Gasteiger partial charge in [-0.25, -0.2) is 17.6 Å². The Balaban J connectivity index is 1.28. The van der Waals surface area contributed by atoms with Crippen LogP contribution in [-0.4, -0.2) is 19.6 Å². The Labute approximate surface area is 302 Å². The van der Waals surface area contributed by atoms with E-state index < -0.39 is 54.1 Å². The van der Waals surface area contributed by atoms with Crippen LogP contribution in [0.25, 0.3) is 33.1 Å². The molecule has 52 heavy (non-hydrogen) atoms. The van der Waals surface area contributed by atoms with Gasteiger partial charge < -0.3 is 0 Å². The first-order chi connectivity index (χ1) is 25.0. The van der Waals surface area contributed by atoms with E-state index in [2.05, 4.69) is 0 Å². The quantitative estimate of drug-likeness (QED) is 0.0881. The molecule has 6 nitrogen and oxygen atoms in total. The third kappa shape index (κ3) is 4.68. The molecule has 0 N–H and O–H groups in total. The number of rotatable bonds is 2. The van der Waals surface area contributed by atoms with E-state index in [9.17, 15) is 48.2 Å². The van der Waals surface area contributed by atoms with Gasteiger partial charge in [-0.15, -0.1) is 22.7 Å². The number of Topliss-reactive ketones (excluding diaryl/α,β-unsaturated/α-hetero) is 2. The Morgan fingerprint density at radius 3 is 1.31 bits per heavy atom. The molecular formula is C39H18F4N4O2S2Si. The summed E-state index contributed by atoms with van der Waals surface area (Å²) in [5, 5.41) is 41.3. The molecule has 4 aliphatic rings. The lowest BCUT2D eigenvalue weighted by Gasteiger charge is -2.32. The monoisotopic (exact) mass is 742 g/mol. The van der Waals surface area contributed by atoms with Crippen molar-refractivity contribution in [1.82, 2.24) is 0 Å². The zero-order valence-corrected chi connectivity index (χ0v) is 29.2. The maximum absolute atomic E-state index is 14.3. The second-order valence-electron chi connectivity index (χ2n) is 12.8. The van der Waals surface area contributed by atoms with E-state index in [1.807, 2.05) is 12.1 Å². The lowest BCUT2D eigenvalue weighted by molar-refractivity contribution is 0.103. The number of halogens is 4. The van der Waals surface area contributed by atoms with Crippen molar-refractivity contribution in [2.45, 2.75) is 31.4 Å². The van der Waals surface area contributed by atoms with E-state index in [4.69, 9.17) is 0 Å². The molecule has 2 aliphatic heterocycles. The van der Waals surface area contributed by atoms with Gasteiger partial charge in [0, 0.05) is 52.9 Å². The van der Waals surface area contributed by atoms with Crippen LogP contribution >= 0.6 is 22.7 Å². The molecule has 4 heterocycles. The second-order valence-corrected chi connectivity index (χ2v) is 19.2. The number of fused-ring (bicyclic) bond motifs is 7. The van der Waals surface area contributed by atoms with Gasteiger partial charge in [0.2, 0.25) is 0 Å². The Bertz CT molecular complexity index is 2490. The SMILES string of the molecule is N#CC(C#N)=C1/C(=C/c2cc3c(s2)-c2sc(/C=C4\C(=O)c5cc(F)c(F)cc5C4=C(C#N)C#N)cc2[Si]32CCCCC2)C(=O)c2cc(F)c(F)cc21. The molecule has 250 valence electrons. The number of hydrogen-bond acceptors (Lipinski definition) is 8. The van der Waals surface area contributed by atoms with Crippen LogP contribution in [0.2, 0.25) is 12.1 Å². The largest absolute Gasteiger partial charge is 0.289 e. The van der Waals surface area contributed by atoms with Crippen LogP contribution in [0.15, 0.2) is 58.7 Å². The van der Waals surface area contributed by atoms with E-state index in [1.54, 1.807) is 36.4 Å². The smallest absolute Gasteiger partial charge is 0.194 e. The number of ketones is 2. The van der Waals surface area contributed by atoms with Crippen molar-refractivity contribution in [2.75, 3.05) is 0 Å². The number of hydrogen-bond donors (Lipinski definition) is 0. The molecule has 0 radical (unpaired) electrons. The summed E-state index contributed by atoms with van der Waals surface area (Å²) >= 11 is 2.82. The van der Waals surface area contributed by atoms with Crippen LogP contribution in [0, 0.1) is 68.6 Å². The van der Waals surface area contributed by atoms with Crippen LogP contribution < -0.4 is 10.4 Å². The number of allylic oxidation sites excluding steroid dienone is 6. The van der Waals surface area contributed by atoms with Gasteiger partial charge in [-0.05, 0) is 82.1 Å². The number of nitrogens with zero attached hydrogens (tertiary/aromatic N) is 4. The Morgan fingerprint density at radius 2 is 0.942 bits per heavy atom. The van der Waals surface area contributed by atoms with E-state index >= 15 is 0 Å². The van der Waals surface area contributed by atoms with Crippen molar-refractivity contribution in [1.29, 1.82) is 21.0 Å². The van der Waals surface area contributed by atoms with Crippen molar-refractivity contribution in [3.8, 4) is 34.0 Å². The molecule has 0 bridgehead atoms. The highest BCUT2D eigenvalue weighted by Crippen LogP contribution is 2.48. The summed E-state index contributed by atoms with van der Waals surface area (Å²) in [6.45, 7) is 0. The summed E-state index contributed by atoms with van der Waals surface area (Å²) < 4.78 is 57.1. The van der Waals surface area contributed by atoms with Gasteiger partial charge in [-0.2, -0.15) is 21.0 Å². The fraction of sp³-hybridized carbons (Fsp3) is 0.128. The second kappa shape index (κ2) is 12.1. The van der Waals surface area contributed by atoms with Crippen LogP contribution in [0.5, 0.6) is 0 Å². The Hall–Kier alpha value is -5.96. The molecule has 8 rings (SSSR count). The molecule has 0 saturated carbocycles. The Kier molecular flexibility index (Phi) is 7.71. The van der Waals surface area contributed by atoms with Gasteiger partial charge >= 0.3 is 0 Å². The van der Waals surface area contributed by atoms with Gasteiger partial charge in [0.1, 0.15) is 43.5 Å². The normalized spacial score (nSPS) is 17.8. The zero-order chi connectivity index (χ0) is 36.6. The van der Waals surface area contributed by atoms with Crippen molar-refractivity contribution < 1.29 is 27.2 Å². The third-order valence-corrected chi connectivity index (χ3v) is 18.1. The standard InChI is InChI=1S/C39H18F4N4O2S2Si/c40-28-10-22-24(12-30(28)42)36(48)26(34(22)18(14-44)15-45)6-20-8-32-38(50-20)39-33(52(32)4-2-1-3-5-52)9-21(51-39)7-27-35(19(16-46)17-47)23-11-29(41)31(43)13-25(23)37(27)49/h6-13H,1-5H2/b26-6-,27-7-.